The van der Waals surface area contributed by atoms with Crippen molar-refractivity contribution in [3.63, 3.8) is 0 Å². The maximum Gasteiger partial charge on any atom is 0.213 e. The third kappa shape index (κ3) is 2.37. The first-order valence-corrected chi connectivity index (χ1v) is 6.93. The molecule has 0 fully saturated rings. The Hall–Kier alpha value is -1.40. The molecule has 7 heteroatoms. The van der Waals surface area contributed by atoms with Crippen LogP contribution in [0.5, 0.6) is 0 Å². The molecule has 0 radical (unpaired) electrons. The largest absolute Gasteiger partial charge is 0.343 e. The molecule has 1 atom stereocenters. The highest BCUT2D eigenvalue weighted by atomic mass is 79.9. The van der Waals surface area contributed by atoms with Crippen LogP contribution in [0.1, 0.15) is 23.9 Å². The number of rotatable bonds is 3. The molecule has 0 N–H and O–H groups in total. The van der Waals surface area contributed by atoms with Crippen molar-refractivity contribution < 1.29 is 4.52 Å². The van der Waals surface area contributed by atoms with Crippen LogP contribution in [0.3, 0.4) is 0 Å². The lowest BCUT2D eigenvalue weighted by Crippen LogP contribution is -2.06. The zero-order valence-electron chi connectivity index (χ0n) is 10.0. The molecule has 5 nitrogen and oxygen atoms in total. The standard InChI is InChI=1S/C12H10BrClN4O/c1-7(14)12-16-9-4-8(13)2-3-10(9)18(12)5-11-15-6-19-17-11/h2-4,6-7H,5H2,1H3. The van der Waals surface area contributed by atoms with Crippen molar-refractivity contribution in [2.75, 3.05) is 0 Å². The second kappa shape index (κ2) is 4.94. The average molecular weight is 342 g/mol. The van der Waals surface area contributed by atoms with Gasteiger partial charge in [-0.15, -0.1) is 11.6 Å². The summed E-state index contributed by atoms with van der Waals surface area (Å²) in [4.78, 5) is 8.61. The molecule has 0 bridgehead atoms. The molecule has 3 rings (SSSR count). The minimum Gasteiger partial charge on any atom is -0.343 e. The van der Waals surface area contributed by atoms with Crippen LogP contribution in [-0.4, -0.2) is 19.7 Å². The summed E-state index contributed by atoms with van der Waals surface area (Å²) >= 11 is 9.64. The fraction of sp³-hybridized carbons (Fsp3) is 0.250. The summed E-state index contributed by atoms with van der Waals surface area (Å²) in [6.07, 6.45) is 1.31. The Bertz CT molecular complexity index is 708. The van der Waals surface area contributed by atoms with E-state index in [-0.39, 0.29) is 5.38 Å². The number of imidazole rings is 1. The maximum absolute atomic E-state index is 6.20. The Morgan fingerprint density at radius 1 is 1.47 bits per heavy atom. The van der Waals surface area contributed by atoms with Gasteiger partial charge < -0.3 is 9.09 Å². The van der Waals surface area contributed by atoms with Gasteiger partial charge in [0.25, 0.3) is 0 Å². The molecule has 1 unspecified atom stereocenters. The number of hydrogen-bond donors (Lipinski definition) is 0. The van der Waals surface area contributed by atoms with Gasteiger partial charge in [-0.3, -0.25) is 0 Å². The number of hydrogen-bond acceptors (Lipinski definition) is 4. The van der Waals surface area contributed by atoms with E-state index in [1.165, 1.54) is 6.39 Å². The second-order valence-corrected chi connectivity index (χ2v) is 5.72. The number of alkyl halides is 1. The Morgan fingerprint density at radius 2 is 2.32 bits per heavy atom. The van der Waals surface area contributed by atoms with Gasteiger partial charge >= 0.3 is 0 Å². The predicted octanol–water partition coefficient (Wildman–Crippen LogP) is 3.53. The van der Waals surface area contributed by atoms with Crippen molar-refractivity contribution >= 4 is 38.6 Å². The zero-order chi connectivity index (χ0) is 13.4. The number of aromatic nitrogens is 4. The second-order valence-electron chi connectivity index (χ2n) is 4.15. The smallest absolute Gasteiger partial charge is 0.213 e. The molecule has 1 aromatic carbocycles. The van der Waals surface area contributed by atoms with E-state index in [9.17, 15) is 0 Å². The molecule has 2 heterocycles. The van der Waals surface area contributed by atoms with Crippen LogP contribution < -0.4 is 0 Å². The van der Waals surface area contributed by atoms with Crippen LogP contribution in [-0.2, 0) is 6.54 Å². The third-order valence-corrected chi connectivity index (χ3v) is 3.49. The van der Waals surface area contributed by atoms with Gasteiger partial charge in [0, 0.05) is 4.47 Å². The average Bonchev–Trinajstić information content (AvgIpc) is 2.97. The SMILES string of the molecule is CC(Cl)c1nc2cc(Br)ccc2n1Cc1ncon1. The minimum absolute atomic E-state index is 0.196. The Labute approximate surface area is 122 Å². The lowest BCUT2D eigenvalue weighted by atomic mass is 10.3. The molecular formula is C12H10BrClN4O. The van der Waals surface area contributed by atoms with E-state index in [1.54, 1.807) is 0 Å². The Kier molecular flexibility index (Phi) is 3.28. The van der Waals surface area contributed by atoms with Crippen LogP contribution in [0.15, 0.2) is 33.6 Å². The lowest BCUT2D eigenvalue weighted by Gasteiger charge is -2.07. The first kappa shape index (κ1) is 12.6. The van der Waals surface area contributed by atoms with E-state index in [4.69, 9.17) is 16.1 Å². The van der Waals surface area contributed by atoms with Crippen LogP contribution in [0.2, 0.25) is 0 Å². The molecule has 0 aliphatic rings. The first-order valence-electron chi connectivity index (χ1n) is 5.70. The molecule has 0 saturated carbocycles. The Balaban J connectivity index is 2.16. The van der Waals surface area contributed by atoms with E-state index in [0.29, 0.717) is 12.4 Å². The van der Waals surface area contributed by atoms with Crippen molar-refractivity contribution in [2.24, 2.45) is 0 Å². The number of fused-ring (bicyclic) bond motifs is 1. The normalized spacial score (nSPS) is 13.0. The molecule has 0 spiro atoms. The summed E-state index contributed by atoms with van der Waals surface area (Å²) in [6.45, 7) is 2.38. The summed E-state index contributed by atoms with van der Waals surface area (Å²) in [5, 5.41) is 3.63. The van der Waals surface area contributed by atoms with Gasteiger partial charge in [0.2, 0.25) is 6.39 Å². The van der Waals surface area contributed by atoms with Crippen molar-refractivity contribution in [1.29, 1.82) is 0 Å². The van der Waals surface area contributed by atoms with Gasteiger partial charge in [-0.2, -0.15) is 4.98 Å². The summed E-state index contributed by atoms with van der Waals surface area (Å²) in [6, 6.07) is 5.93. The van der Waals surface area contributed by atoms with E-state index in [2.05, 4.69) is 31.1 Å². The van der Waals surface area contributed by atoms with E-state index < -0.39 is 0 Å². The van der Waals surface area contributed by atoms with Crippen molar-refractivity contribution in [3.05, 3.63) is 40.7 Å². The Morgan fingerprint density at radius 3 is 3.00 bits per heavy atom. The first-order chi connectivity index (χ1) is 9.15. The number of nitrogens with zero attached hydrogens (tertiary/aromatic N) is 4. The van der Waals surface area contributed by atoms with Crippen LogP contribution in [0.25, 0.3) is 11.0 Å². The zero-order valence-corrected chi connectivity index (χ0v) is 12.4. The molecule has 0 amide bonds. The highest BCUT2D eigenvalue weighted by Gasteiger charge is 2.16. The molecule has 0 aliphatic heterocycles. The van der Waals surface area contributed by atoms with Crippen LogP contribution in [0.4, 0.5) is 0 Å². The van der Waals surface area contributed by atoms with E-state index in [0.717, 1.165) is 21.3 Å². The monoisotopic (exact) mass is 340 g/mol. The van der Waals surface area contributed by atoms with Gasteiger partial charge in [-0.05, 0) is 25.1 Å². The predicted molar refractivity (Wildman–Crippen MR) is 75.1 cm³/mol. The van der Waals surface area contributed by atoms with Crippen molar-refractivity contribution in [1.82, 2.24) is 19.7 Å². The quantitative estimate of drug-likeness (QED) is 0.684. The maximum atomic E-state index is 6.20. The van der Waals surface area contributed by atoms with Crippen LogP contribution >= 0.6 is 27.5 Å². The van der Waals surface area contributed by atoms with Gasteiger partial charge in [0.05, 0.1) is 23.0 Å². The summed E-state index contributed by atoms with van der Waals surface area (Å²) < 4.78 is 7.75. The molecule has 3 aromatic rings. The van der Waals surface area contributed by atoms with Gasteiger partial charge in [-0.25, -0.2) is 4.98 Å². The van der Waals surface area contributed by atoms with Gasteiger partial charge in [0.15, 0.2) is 5.82 Å². The molecule has 98 valence electrons. The van der Waals surface area contributed by atoms with Crippen LogP contribution in [0, 0.1) is 0 Å². The number of halogens is 2. The summed E-state index contributed by atoms with van der Waals surface area (Å²) in [5.41, 5.74) is 1.89. The van der Waals surface area contributed by atoms with E-state index >= 15 is 0 Å². The molecule has 19 heavy (non-hydrogen) atoms. The fourth-order valence-electron chi connectivity index (χ4n) is 1.99. The molecule has 0 aliphatic carbocycles. The number of benzene rings is 1. The third-order valence-electron chi connectivity index (χ3n) is 2.80. The van der Waals surface area contributed by atoms with Crippen molar-refractivity contribution in [2.45, 2.75) is 18.8 Å². The molecule has 0 saturated heterocycles. The fourth-order valence-corrected chi connectivity index (χ4v) is 2.51. The van der Waals surface area contributed by atoms with Gasteiger partial charge in [0.1, 0.15) is 5.82 Å². The summed E-state index contributed by atoms with van der Waals surface area (Å²) in [7, 11) is 0. The van der Waals surface area contributed by atoms with Gasteiger partial charge in [-0.1, -0.05) is 21.1 Å². The molecule has 2 aromatic heterocycles. The highest BCUT2D eigenvalue weighted by Crippen LogP contribution is 2.27. The highest BCUT2D eigenvalue weighted by molar-refractivity contribution is 9.10. The topological polar surface area (TPSA) is 56.7 Å². The van der Waals surface area contributed by atoms with E-state index in [1.807, 2.05) is 29.7 Å². The lowest BCUT2D eigenvalue weighted by molar-refractivity contribution is 0.408. The van der Waals surface area contributed by atoms with Crippen molar-refractivity contribution in [3.8, 4) is 0 Å². The molecular weight excluding hydrogens is 332 g/mol. The summed E-state index contributed by atoms with van der Waals surface area (Å²) in [5.74, 6) is 1.39. The minimum atomic E-state index is -0.196.